The zero-order valence-corrected chi connectivity index (χ0v) is 16.8. The van der Waals surface area contributed by atoms with Crippen LogP contribution in [0.3, 0.4) is 0 Å². The molecule has 0 fully saturated rings. The Morgan fingerprint density at radius 3 is 1.39 bits per heavy atom. The average molecular weight is 492 g/mol. The van der Waals surface area contributed by atoms with Gasteiger partial charge in [0, 0.05) is 22.9 Å². The third kappa shape index (κ3) is 5.37. The quantitative estimate of drug-likeness (QED) is 0.181. The Labute approximate surface area is 184 Å². The second-order valence-corrected chi connectivity index (χ2v) is 7.01. The van der Waals surface area contributed by atoms with E-state index in [0.29, 0.717) is 23.5 Å². The maximum absolute atomic E-state index is 13.1. The summed E-state index contributed by atoms with van der Waals surface area (Å²) in [5.41, 5.74) is 0. The standard InChI is InChI=1S/C20H10F6O6S/c1-3-13(27)29-11-7-5-9-10-6-8-12(30-14(28)4-2)16(32-20(24,25)26)18(10)33-17(9)15(11)31-19(21,22)23/h3-8H,1-2H2. The third-order valence-corrected chi connectivity index (χ3v) is 5.06. The van der Waals surface area contributed by atoms with Crippen LogP contribution in [0.15, 0.2) is 49.6 Å². The Hall–Kier alpha value is -3.74. The number of ether oxygens (including phenoxy) is 4. The van der Waals surface area contributed by atoms with Crippen LogP contribution in [0.5, 0.6) is 23.0 Å². The molecular weight excluding hydrogens is 482 g/mol. The van der Waals surface area contributed by atoms with Gasteiger partial charge in [-0.25, -0.2) is 9.59 Å². The van der Waals surface area contributed by atoms with Gasteiger partial charge in [-0.15, -0.1) is 37.7 Å². The van der Waals surface area contributed by atoms with E-state index in [9.17, 15) is 35.9 Å². The molecule has 0 aliphatic carbocycles. The summed E-state index contributed by atoms with van der Waals surface area (Å²) in [5.74, 6) is -5.40. The molecule has 0 bridgehead atoms. The van der Waals surface area contributed by atoms with Gasteiger partial charge in [0.05, 0.1) is 9.40 Å². The highest BCUT2D eigenvalue weighted by molar-refractivity contribution is 7.26. The van der Waals surface area contributed by atoms with Crippen molar-refractivity contribution in [3.63, 3.8) is 0 Å². The molecule has 0 aliphatic rings. The zero-order valence-electron chi connectivity index (χ0n) is 16.0. The molecule has 0 saturated heterocycles. The number of benzene rings is 2. The van der Waals surface area contributed by atoms with Gasteiger partial charge in [-0.1, -0.05) is 13.2 Å². The number of rotatable bonds is 6. The fourth-order valence-corrected chi connectivity index (χ4v) is 3.95. The van der Waals surface area contributed by atoms with E-state index in [0.717, 1.165) is 12.1 Å². The van der Waals surface area contributed by atoms with Crippen LogP contribution in [0.4, 0.5) is 26.3 Å². The second-order valence-electron chi connectivity index (χ2n) is 5.99. The molecular formula is C20H10F6O6S. The Bertz CT molecular complexity index is 1180. The zero-order chi connectivity index (χ0) is 24.6. The molecule has 0 N–H and O–H groups in total. The smallest absolute Gasteiger partial charge is 0.419 e. The lowest BCUT2D eigenvalue weighted by atomic mass is 10.1. The molecule has 0 spiro atoms. The van der Waals surface area contributed by atoms with Crippen molar-refractivity contribution in [2.24, 2.45) is 0 Å². The molecule has 33 heavy (non-hydrogen) atoms. The van der Waals surface area contributed by atoms with Crippen molar-refractivity contribution in [3.05, 3.63) is 49.6 Å². The molecule has 0 atom stereocenters. The number of hydrogen-bond acceptors (Lipinski definition) is 7. The van der Waals surface area contributed by atoms with Crippen LogP contribution < -0.4 is 18.9 Å². The van der Waals surface area contributed by atoms with Gasteiger partial charge in [-0.05, 0) is 24.3 Å². The summed E-state index contributed by atoms with van der Waals surface area (Å²) >= 11 is 0.410. The van der Waals surface area contributed by atoms with E-state index < -0.39 is 47.7 Å². The van der Waals surface area contributed by atoms with E-state index in [4.69, 9.17) is 9.47 Å². The summed E-state index contributed by atoms with van der Waals surface area (Å²) < 4.78 is 95.3. The molecule has 13 heteroatoms. The van der Waals surface area contributed by atoms with Crippen LogP contribution >= 0.6 is 11.3 Å². The van der Waals surface area contributed by atoms with Crippen molar-refractivity contribution in [1.82, 2.24) is 0 Å². The number of fused-ring (bicyclic) bond motifs is 3. The van der Waals surface area contributed by atoms with E-state index in [-0.39, 0.29) is 20.2 Å². The molecule has 0 amide bonds. The number of hydrogen-bond donors (Lipinski definition) is 0. The summed E-state index contributed by atoms with van der Waals surface area (Å²) in [6.07, 6.45) is -9.06. The van der Waals surface area contributed by atoms with Crippen molar-refractivity contribution < 1.29 is 54.9 Å². The summed E-state index contributed by atoms with van der Waals surface area (Å²) in [6, 6.07) is 4.39. The van der Waals surface area contributed by atoms with E-state index in [1.54, 1.807) is 0 Å². The van der Waals surface area contributed by atoms with Crippen molar-refractivity contribution in [2.75, 3.05) is 0 Å². The molecule has 3 aromatic rings. The first-order chi connectivity index (χ1) is 15.3. The van der Waals surface area contributed by atoms with E-state index in [1.807, 2.05) is 0 Å². The van der Waals surface area contributed by atoms with Gasteiger partial charge >= 0.3 is 24.7 Å². The number of carbonyl (C=O) groups is 2. The van der Waals surface area contributed by atoms with Gasteiger partial charge in [-0.3, -0.25) is 0 Å². The fraction of sp³-hybridized carbons (Fsp3) is 0.100. The predicted molar refractivity (Wildman–Crippen MR) is 104 cm³/mol. The highest BCUT2D eigenvalue weighted by Crippen LogP contribution is 2.51. The number of esters is 2. The molecule has 3 rings (SSSR count). The summed E-state index contributed by atoms with van der Waals surface area (Å²) in [6.45, 7) is 6.28. The molecule has 1 aromatic heterocycles. The normalized spacial score (nSPS) is 11.8. The van der Waals surface area contributed by atoms with Crippen LogP contribution in [0.2, 0.25) is 0 Å². The minimum atomic E-state index is -5.23. The van der Waals surface area contributed by atoms with Gasteiger partial charge in [0.1, 0.15) is 0 Å². The molecule has 0 saturated carbocycles. The third-order valence-electron chi connectivity index (χ3n) is 3.84. The molecule has 0 unspecified atom stereocenters. The Morgan fingerprint density at radius 1 is 0.727 bits per heavy atom. The summed E-state index contributed by atoms with van der Waals surface area (Å²) in [7, 11) is 0. The average Bonchev–Trinajstić information content (AvgIpc) is 3.08. The maximum atomic E-state index is 13.1. The van der Waals surface area contributed by atoms with Crippen LogP contribution in [0.1, 0.15) is 0 Å². The van der Waals surface area contributed by atoms with Gasteiger partial charge in [0.25, 0.3) is 0 Å². The van der Waals surface area contributed by atoms with Crippen LogP contribution in [-0.2, 0) is 9.59 Å². The van der Waals surface area contributed by atoms with Gasteiger partial charge < -0.3 is 18.9 Å². The lowest BCUT2D eigenvalue weighted by molar-refractivity contribution is -0.275. The van der Waals surface area contributed by atoms with Gasteiger partial charge in [0.2, 0.25) is 0 Å². The largest absolute Gasteiger partial charge is 0.573 e. The minimum absolute atomic E-state index is 0.0290. The van der Waals surface area contributed by atoms with Crippen molar-refractivity contribution >= 4 is 43.4 Å². The fourth-order valence-electron chi connectivity index (χ4n) is 2.70. The maximum Gasteiger partial charge on any atom is 0.573 e. The molecule has 2 aromatic carbocycles. The summed E-state index contributed by atoms with van der Waals surface area (Å²) in [4.78, 5) is 23.0. The van der Waals surface area contributed by atoms with E-state index >= 15 is 0 Å². The SMILES string of the molecule is C=CC(=O)Oc1ccc2c(sc3c(OC(F)(F)F)c(OC(=O)C=C)ccc32)c1OC(F)(F)F. The van der Waals surface area contributed by atoms with Crippen molar-refractivity contribution in [3.8, 4) is 23.0 Å². The topological polar surface area (TPSA) is 71.1 Å². The van der Waals surface area contributed by atoms with Gasteiger partial charge in [-0.2, -0.15) is 0 Å². The van der Waals surface area contributed by atoms with Crippen LogP contribution in [-0.4, -0.2) is 24.7 Å². The van der Waals surface area contributed by atoms with Crippen molar-refractivity contribution in [2.45, 2.75) is 12.7 Å². The van der Waals surface area contributed by atoms with Crippen molar-refractivity contribution in [1.29, 1.82) is 0 Å². The van der Waals surface area contributed by atoms with E-state index in [2.05, 4.69) is 22.6 Å². The Kier molecular flexibility index (Phi) is 6.27. The summed E-state index contributed by atoms with van der Waals surface area (Å²) in [5, 5.41) is 0.0579. The minimum Gasteiger partial charge on any atom is -0.419 e. The Morgan fingerprint density at radius 2 is 1.09 bits per heavy atom. The highest BCUT2D eigenvalue weighted by Gasteiger charge is 2.36. The molecule has 0 aliphatic heterocycles. The molecule has 1 heterocycles. The lowest BCUT2D eigenvalue weighted by Gasteiger charge is -2.13. The van der Waals surface area contributed by atoms with E-state index in [1.165, 1.54) is 12.1 Å². The van der Waals surface area contributed by atoms with Crippen LogP contribution in [0, 0.1) is 0 Å². The predicted octanol–water partition coefficient (Wildman–Crippen LogP) is 6.03. The number of halogens is 6. The van der Waals surface area contributed by atoms with Gasteiger partial charge in [0.15, 0.2) is 23.0 Å². The number of thiophene rings is 1. The second kappa shape index (κ2) is 8.65. The molecule has 6 nitrogen and oxygen atoms in total. The first kappa shape index (κ1) is 23.9. The monoisotopic (exact) mass is 492 g/mol. The molecule has 174 valence electrons. The number of carbonyl (C=O) groups excluding carboxylic acids is 2. The van der Waals surface area contributed by atoms with Crippen LogP contribution in [0.25, 0.3) is 20.2 Å². The first-order valence-electron chi connectivity index (χ1n) is 8.55. The lowest BCUT2D eigenvalue weighted by Crippen LogP contribution is -2.18. The first-order valence-corrected chi connectivity index (χ1v) is 9.37. The number of alkyl halides is 6. The Balaban J connectivity index is 2.34. The molecule has 0 radical (unpaired) electrons. The highest BCUT2D eigenvalue weighted by atomic mass is 32.1.